The Morgan fingerprint density at radius 3 is 2.36 bits per heavy atom. The van der Waals surface area contributed by atoms with Gasteiger partial charge < -0.3 is 19.1 Å². The van der Waals surface area contributed by atoms with Gasteiger partial charge in [-0.15, -0.1) is 0 Å². The minimum absolute atomic E-state index is 0.0852. The lowest BCUT2D eigenvalue weighted by atomic mass is 10.2. The summed E-state index contributed by atoms with van der Waals surface area (Å²) in [6.07, 6.45) is -0.564. The van der Waals surface area contributed by atoms with E-state index in [2.05, 4.69) is 0 Å². The zero-order chi connectivity index (χ0) is 18.4. The van der Waals surface area contributed by atoms with Crippen LogP contribution >= 0.6 is 0 Å². The summed E-state index contributed by atoms with van der Waals surface area (Å²) in [4.78, 5) is 14.2. The van der Waals surface area contributed by atoms with E-state index >= 15 is 0 Å². The van der Waals surface area contributed by atoms with Crippen molar-refractivity contribution in [2.45, 2.75) is 26.5 Å². The van der Waals surface area contributed by atoms with Gasteiger partial charge in [-0.3, -0.25) is 4.79 Å². The van der Waals surface area contributed by atoms with Gasteiger partial charge in [-0.25, -0.2) is 0 Å². The summed E-state index contributed by atoms with van der Waals surface area (Å²) in [7, 11) is 4.95. The number of nitrogens with zero attached hydrogens (tertiary/aromatic N) is 1. The Bertz CT molecular complexity index is 729. The third kappa shape index (κ3) is 4.66. The Morgan fingerprint density at radius 2 is 1.72 bits per heavy atom. The molecule has 2 aromatic carbocycles. The fourth-order valence-corrected chi connectivity index (χ4v) is 2.57. The highest BCUT2D eigenvalue weighted by atomic mass is 16.5. The van der Waals surface area contributed by atoms with Crippen molar-refractivity contribution in [2.24, 2.45) is 0 Å². The number of carbonyl (C=O) groups is 1. The number of hydrogen-bond acceptors (Lipinski definition) is 4. The number of amides is 1. The second-order valence-corrected chi connectivity index (χ2v) is 5.91. The average Bonchev–Trinajstić information content (AvgIpc) is 2.62. The van der Waals surface area contributed by atoms with E-state index in [-0.39, 0.29) is 5.91 Å². The number of carbonyl (C=O) groups excluding carboxylic acids is 1. The molecule has 1 atom stereocenters. The van der Waals surface area contributed by atoms with Crippen LogP contribution in [0.5, 0.6) is 17.2 Å². The van der Waals surface area contributed by atoms with Crippen LogP contribution in [0, 0.1) is 6.92 Å². The van der Waals surface area contributed by atoms with Crippen molar-refractivity contribution in [1.82, 2.24) is 4.90 Å². The van der Waals surface area contributed by atoms with Crippen molar-refractivity contribution in [2.75, 3.05) is 21.3 Å². The first-order valence-corrected chi connectivity index (χ1v) is 8.14. The van der Waals surface area contributed by atoms with Crippen LogP contribution in [0.25, 0.3) is 0 Å². The molecule has 0 saturated heterocycles. The fourth-order valence-electron chi connectivity index (χ4n) is 2.57. The molecule has 0 aliphatic carbocycles. The molecule has 0 saturated carbocycles. The maximum atomic E-state index is 12.6. The highest BCUT2D eigenvalue weighted by Gasteiger charge is 2.20. The molecular formula is C20H25NO4. The van der Waals surface area contributed by atoms with E-state index in [0.29, 0.717) is 18.0 Å². The van der Waals surface area contributed by atoms with E-state index < -0.39 is 6.10 Å². The molecule has 0 aliphatic heterocycles. The monoisotopic (exact) mass is 343 g/mol. The average molecular weight is 343 g/mol. The van der Waals surface area contributed by atoms with Crippen molar-refractivity contribution < 1.29 is 19.0 Å². The van der Waals surface area contributed by atoms with E-state index in [0.717, 1.165) is 16.9 Å². The number of rotatable bonds is 7. The summed E-state index contributed by atoms with van der Waals surface area (Å²) in [6, 6.07) is 13.3. The fraction of sp³-hybridized carbons (Fsp3) is 0.350. The Balaban J connectivity index is 2.03. The smallest absolute Gasteiger partial charge is 0.263 e. The lowest BCUT2D eigenvalue weighted by Crippen LogP contribution is -2.37. The predicted octanol–water partition coefficient (Wildman–Crippen LogP) is 3.44. The number of methoxy groups -OCH3 is 2. The lowest BCUT2D eigenvalue weighted by molar-refractivity contribution is -0.137. The van der Waals surface area contributed by atoms with Gasteiger partial charge in [-0.1, -0.05) is 24.3 Å². The number of aryl methyl sites for hydroxylation is 1. The van der Waals surface area contributed by atoms with E-state index in [1.54, 1.807) is 33.1 Å². The Kier molecular flexibility index (Phi) is 6.28. The molecule has 5 heteroatoms. The molecule has 0 fully saturated rings. The van der Waals surface area contributed by atoms with Crippen LogP contribution in [0.3, 0.4) is 0 Å². The van der Waals surface area contributed by atoms with Crippen LogP contribution in [0.2, 0.25) is 0 Å². The number of hydrogen-bond donors (Lipinski definition) is 0. The van der Waals surface area contributed by atoms with Gasteiger partial charge in [-0.05, 0) is 43.2 Å². The second-order valence-electron chi connectivity index (χ2n) is 5.91. The van der Waals surface area contributed by atoms with E-state index in [1.807, 2.05) is 49.4 Å². The zero-order valence-corrected chi connectivity index (χ0v) is 15.4. The molecule has 134 valence electrons. The number of ether oxygens (including phenoxy) is 3. The van der Waals surface area contributed by atoms with Crippen molar-refractivity contribution in [3.63, 3.8) is 0 Å². The van der Waals surface area contributed by atoms with Crippen molar-refractivity contribution in [1.29, 1.82) is 0 Å². The van der Waals surface area contributed by atoms with Crippen LogP contribution in [0.4, 0.5) is 0 Å². The Morgan fingerprint density at radius 1 is 1.04 bits per heavy atom. The first-order chi connectivity index (χ1) is 12.0. The molecule has 0 spiro atoms. The van der Waals surface area contributed by atoms with Gasteiger partial charge in [0.25, 0.3) is 5.91 Å². The summed E-state index contributed by atoms with van der Waals surface area (Å²) in [5.41, 5.74) is 1.96. The Hall–Kier alpha value is -2.69. The van der Waals surface area contributed by atoms with Crippen molar-refractivity contribution in [3.8, 4) is 17.2 Å². The maximum Gasteiger partial charge on any atom is 0.263 e. The first kappa shape index (κ1) is 18.6. The SMILES string of the molecule is COc1ccc(CN(C)C(=O)C(C)Oc2ccccc2C)cc1OC. The minimum atomic E-state index is -0.564. The minimum Gasteiger partial charge on any atom is -0.493 e. The molecule has 1 unspecified atom stereocenters. The number of likely N-dealkylation sites (N-methyl/N-ethyl adjacent to an activating group) is 1. The molecule has 1 amide bonds. The summed E-state index contributed by atoms with van der Waals surface area (Å²) in [5, 5.41) is 0. The van der Waals surface area contributed by atoms with Crippen LogP contribution in [0.1, 0.15) is 18.1 Å². The largest absolute Gasteiger partial charge is 0.493 e. The maximum absolute atomic E-state index is 12.6. The zero-order valence-electron chi connectivity index (χ0n) is 15.4. The molecule has 5 nitrogen and oxygen atoms in total. The van der Waals surface area contributed by atoms with Gasteiger partial charge in [0.15, 0.2) is 17.6 Å². The van der Waals surface area contributed by atoms with Crippen LogP contribution < -0.4 is 14.2 Å². The molecule has 0 N–H and O–H groups in total. The second kappa shape index (κ2) is 8.42. The van der Waals surface area contributed by atoms with Crippen LogP contribution in [-0.2, 0) is 11.3 Å². The summed E-state index contributed by atoms with van der Waals surface area (Å²) < 4.78 is 16.4. The van der Waals surface area contributed by atoms with Crippen LogP contribution in [-0.4, -0.2) is 38.2 Å². The summed E-state index contributed by atoms with van der Waals surface area (Å²) in [6.45, 7) is 4.18. The molecular weight excluding hydrogens is 318 g/mol. The first-order valence-electron chi connectivity index (χ1n) is 8.14. The van der Waals surface area contributed by atoms with Gasteiger partial charge in [-0.2, -0.15) is 0 Å². The predicted molar refractivity (Wildman–Crippen MR) is 97.3 cm³/mol. The summed E-state index contributed by atoms with van der Waals surface area (Å²) in [5.74, 6) is 1.95. The highest BCUT2D eigenvalue weighted by molar-refractivity contribution is 5.80. The van der Waals surface area contributed by atoms with Crippen LogP contribution in [0.15, 0.2) is 42.5 Å². The molecule has 2 rings (SSSR count). The van der Waals surface area contributed by atoms with Gasteiger partial charge in [0.05, 0.1) is 14.2 Å². The van der Waals surface area contributed by atoms with E-state index in [4.69, 9.17) is 14.2 Å². The number of para-hydroxylation sites is 1. The molecule has 0 radical (unpaired) electrons. The van der Waals surface area contributed by atoms with Gasteiger partial charge in [0, 0.05) is 13.6 Å². The quantitative estimate of drug-likeness (QED) is 0.773. The lowest BCUT2D eigenvalue weighted by Gasteiger charge is -2.23. The van der Waals surface area contributed by atoms with E-state index in [1.165, 1.54) is 0 Å². The van der Waals surface area contributed by atoms with Gasteiger partial charge in [0.2, 0.25) is 0 Å². The molecule has 0 bridgehead atoms. The van der Waals surface area contributed by atoms with Gasteiger partial charge >= 0.3 is 0 Å². The van der Waals surface area contributed by atoms with Crippen molar-refractivity contribution >= 4 is 5.91 Å². The molecule has 0 heterocycles. The third-order valence-electron chi connectivity index (χ3n) is 3.99. The normalized spacial score (nSPS) is 11.6. The third-order valence-corrected chi connectivity index (χ3v) is 3.99. The molecule has 0 aliphatic rings. The van der Waals surface area contributed by atoms with Crippen molar-refractivity contribution in [3.05, 3.63) is 53.6 Å². The standard InChI is InChI=1S/C20H25NO4/c1-14-8-6-7-9-17(14)25-15(2)20(22)21(3)13-16-10-11-18(23-4)19(12-16)24-5/h6-12,15H,13H2,1-5H3. The molecule has 25 heavy (non-hydrogen) atoms. The highest BCUT2D eigenvalue weighted by Crippen LogP contribution is 2.28. The topological polar surface area (TPSA) is 48.0 Å². The summed E-state index contributed by atoms with van der Waals surface area (Å²) >= 11 is 0. The Labute approximate surface area is 149 Å². The number of benzene rings is 2. The van der Waals surface area contributed by atoms with Gasteiger partial charge in [0.1, 0.15) is 5.75 Å². The van der Waals surface area contributed by atoms with E-state index in [9.17, 15) is 4.79 Å². The molecule has 2 aromatic rings. The molecule has 0 aromatic heterocycles.